The summed E-state index contributed by atoms with van der Waals surface area (Å²) in [6, 6.07) is 15.8. The van der Waals surface area contributed by atoms with Gasteiger partial charge in [0.25, 0.3) is 0 Å². The molecular formula is C26H32N4O8. The summed E-state index contributed by atoms with van der Waals surface area (Å²) in [6.45, 7) is 0. The summed E-state index contributed by atoms with van der Waals surface area (Å²) >= 11 is 0. The van der Waals surface area contributed by atoms with E-state index in [0.717, 1.165) is 11.1 Å². The Balaban J connectivity index is 0.000000380. The Bertz CT molecular complexity index is 1010. The molecule has 0 aliphatic rings. The largest absolute Gasteiger partial charge is 0.480 e. The Hall–Kier alpha value is -4.74. The predicted octanol–water partition coefficient (Wildman–Crippen LogP) is 0.128. The van der Waals surface area contributed by atoms with Crippen molar-refractivity contribution in [2.75, 3.05) is 0 Å². The van der Waals surface area contributed by atoms with E-state index in [9.17, 15) is 28.8 Å². The average Bonchev–Trinajstić information content (AvgIpc) is 2.85. The van der Waals surface area contributed by atoms with Crippen molar-refractivity contribution in [3.63, 3.8) is 0 Å². The topological polar surface area (TPSA) is 219 Å². The van der Waals surface area contributed by atoms with Gasteiger partial charge in [-0.1, -0.05) is 60.7 Å². The number of hydrogen-bond acceptors (Lipinski definition) is 6. The van der Waals surface area contributed by atoms with Crippen LogP contribution in [0.25, 0.3) is 0 Å². The Labute approximate surface area is 219 Å². The third kappa shape index (κ3) is 14.0. The number of aliphatic carboxylic acids is 2. The summed E-state index contributed by atoms with van der Waals surface area (Å²) in [5.41, 5.74) is 11.5. The van der Waals surface area contributed by atoms with Crippen molar-refractivity contribution < 1.29 is 39.0 Å². The second kappa shape index (κ2) is 16.8. The Kier molecular flexibility index (Phi) is 13.9. The molecule has 4 amide bonds. The Morgan fingerprint density at radius 1 is 0.605 bits per heavy atom. The number of carboxylic acids is 2. The van der Waals surface area contributed by atoms with E-state index in [4.69, 9.17) is 21.7 Å². The molecule has 2 aromatic carbocycles. The molecule has 0 unspecified atom stereocenters. The number of carbonyl (C=O) groups excluding carboxylic acids is 4. The molecule has 12 nitrogen and oxygen atoms in total. The van der Waals surface area contributed by atoms with Crippen LogP contribution in [-0.2, 0) is 41.6 Å². The van der Waals surface area contributed by atoms with E-state index in [1.54, 1.807) is 48.5 Å². The molecule has 0 aliphatic heterocycles. The number of carbonyl (C=O) groups is 6. The van der Waals surface area contributed by atoms with Crippen LogP contribution >= 0.6 is 0 Å². The summed E-state index contributed by atoms with van der Waals surface area (Å²) in [6.07, 6.45) is 0.0178. The molecule has 0 aromatic heterocycles. The third-order valence-corrected chi connectivity index (χ3v) is 5.04. The van der Waals surface area contributed by atoms with E-state index in [-0.39, 0.29) is 38.5 Å². The fourth-order valence-corrected chi connectivity index (χ4v) is 3.14. The molecule has 2 aromatic rings. The van der Waals surface area contributed by atoms with Crippen LogP contribution in [0.1, 0.15) is 36.8 Å². The molecule has 12 heteroatoms. The molecule has 0 saturated carbocycles. The highest BCUT2D eigenvalue weighted by Crippen LogP contribution is 2.03. The normalized spacial score (nSPS) is 11.6. The highest BCUT2D eigenvalue weighted by molar-refractivity contribution is 5.86. The van der Waals surface area contributed by atoms with Crippen molar-refractivity contribution >= 4 is 35.6 Å². The van der Waals surface area contributed by atoms with Crippen molar-refractivity contribution in [2.24, 2.45) is 11.5 Å². The Morgan fingerprint density at radius 3 is 1.18 bits per heavy atom. The predicted molar refractivity (Wildman–Crippen MR) is 136 cm³/mol. The number of hydrogen-bond donors (Lipinski definition) is 6. The van der Waals surface area contributed by atoms with Crippen LogP contribution in [0.3, 0.4) is 0 Å². The number of nitrogens with one attached hydrogen (secondary N) is 2. The summed E-state index contributed by atoms with van der Waals surface area (Å²) < 4.78 is 0. The Morgan fingerprint density at radius 2 is 0.921 bits per heavy atom. The van der Waals surface area contributed by atoms with Gasteiger partial charge in [-0.2, -0.15) is 0 Å². The second-order valence-electron chi connectivity index (χ2n) is 8.25. The van der Waals surface area contributed by atoms with Gasteiger partial charge in [0.2, 0.25) is 23.6 Å². The zero-order valence-electron chi connectivity index (χ0n) is 20.7. The first-order chi connectivity index (χ1) is 18.0. The number of carboxylic acid groups (broad SMARTS) is 2. The van der Waals surface area contributed by atoms with Gasteiger partial charge < -0.3 is 32.3 Å². The summed E-state index contributed by atoms with van der Waals surface area (Å²) in [7, 11) is 0. The minimum absolute atomic E-state index is 0.00873. The lowest BCUT2D eigenvalue weighted by molar-refractivity contribution is -0.142. The molecule has 0 aliphatic carbocycles. The number of benzene rings is 2. The maximum atomic E-state index is 11.7. The van der Waals surface area contributed by atoms with Gasteiger partial charge in [-0.05, 0) is 24.0 Å². The van der Waals surface area contributed by atoms with Gasteiger partial charge >= 0.3 is 11.9 Å². The van der Waals surface area contributed by atoms with Gasteiger partial charge in [0, 0.05) is 12.8 Å². The van der Waals surface area contributed by atoms with E-state index in [1.165, 1.54) is 0 Å². The van der Waals surface area contributed by atoms with Gasteiger partial charge in [0.15, 0.2) is 0 Å². The van der Waals surface area contributed by atoms with Crippen molar-refractivity contribution in [3.05, 3.63) is 71.8 Å². The maximum absolute atomic E-state index is 11.7. The van der Waals surface area contributed by atoms with Crippen molar-refractivity contribution in [2.45, 2.75) is 50.6 Å². The first-order valence-electron chi connectivity index (χ1n) is 11.7. The van der Waals surface area contributed by atoms with Gasteiger partial charge in [0.05, 0.1) is 12.8 Å². The van der Waals surface area contributed by atoms with Crippen LogP contribution < -0.4 is 22.1 Å². The molecule has 2 atom stereocenters. The highest BCUT2D eigenvalue weighted by Gasteiger charge is 2.21. The minimum Gasteiger partial charge on any atom is -0.480 e. The molecular weight excluding hydrogens is 496 g/mol. The van der Waals surface area contributed by atoms with Crippen molar-refractivity contribution in [1.29, 1.82) is 0 Å². The van der Waals surface area contributed by atoms with Crippen LogP contribution in [0, 0.1) is 0 Å². The molecule has 2 rings (SSSR count). The monoisotopic (exact) mass is 528 g/mol. The molecule has 8 N–H and O–H groups in total. The summed E-state index contributed by atoms with van der Waals surface area (Å²) in [5, 5.41) is 22.6. The molecule has 0 heterocycles. The lowest BCUT2D eigenvalue weighted by atomic mass is 10.1. The molecule has 0 fully saturated rings. The number of amides is 4. The van der Waals surface area contributed by atoms with Crippen molar-refractivity contribution in [1.82, 2.24) is 10.6 Å². The molecule has 204 valence electrons. The molecule has 0 spiro atoms. The molecule has 0 bridgehead atoms. The van der Waals surface area contributed by atoms with E-state index in [0.29, 0.717) is 0 Å². The minimum atomic E-state index is -1.18. The van der Waals surface area contributed by atoms with E-state index >= 15 is 0 Å². The van der Waals surface area contributed by atoms with E-state index in [2.05, 4.69) is 10.6 Å². The van der Waals surface area contributed by atoms with Crippen LogP contribution in [0.4, 0.5) is 0 Å². The number of primary amides is 2. The van der Waals surface area contributed by atoms with Gasteiger partial charge in [-0.15, -0.1) is 0 Å². The zero-order chi connectivity index (χ0) is 28.5. The fourth-order valence-electron chi connectivity index (χ4n) is 3.14. The van der Waals surface area contributed by atoms with Gasteiger partial charge in [0.1, 0.15) is 12.1 Å². The van der Waals surface area contributed by atoms with Crippen LogP contribution in [0.15, 0.2) is 60.7 Å². The van der Waals surface area contributed by atoms with Crippen LogP contribution in [-0.4, -0.2) is 57.9 Å². The molecule has 38 heavy (non-hydrogen) atoms. The maximum Gasteiger partial charge on any atom is 0.326 e. The smallest absolute Gasteiger partial charge is 0.326 e. The summed E-state index contributed by atoms with van der Waals surface area (Å²) in [4.78, 5) is 66.5. The fraction of sp³-hybridized carbons (Fsp3) is 0.308. The van der Waals surface area contributed by atoms with Gasteiger partial charge in [-0.3, -0.25) is 19.2 Å². The number of nitrogens with two attached hydrogens (primary N) is 2. The standard InChI is InChI=1S/2C13H16N2O4/c2*14-11(16)7-6-10(13(18)19)15-12(17)8-9-4-2-1-3-5-9/h2*1-5,10H,6-8H2,(H2,14,16)(H,15,17)(H,18,19)/t2*10-/m00/s1. The van der Waals surface area contributed by atoms with Gasteiger partial charge in [-0.25, -0.2) is 9.59 Å². The first kappa shape index (κ1) is 31.3. The van der Waals surface area contributed by atoms with Crippen molar-refractivity contribution in [3.8, 4) is 0 Å². The van der Waals surface area contributed by atoms with Crippen LogP contribution in [0.5, 0.6) is 0 Å². The lowest BCUT2D eigenvalue weighted by Crippen LogP contribution is -2.42. The van der Waals surface area contributed by atoms with E-state index < -0.39 is 47.7 Å². The third-order valence-electron chi connectivity index (χ3n) is 5.04. The highest BCUT2D eigenvalue weighted by atomic mass is 16.4. The SMILES string of the molecule is NC(=O)CC[C@H](NC(=O)Cc1ccccc1)C(=O)O.NC(=O)CC[C@H](NC(=O)Cc1ccccc1)C(=O)O. The summed E-state index contributed by atoms with van der Waals surface area (Å²) in [5.74, 6) is -4.34. The number of rotatable bonds is 14. The van der Waals surface area contributed by atoms with Crippen LogP contribution in [0.2, 0.25) is 0 Å². The first-order valence-corrected chi connectivity index (χ1v) is 11.7. The quantitative estimate of drug-likeness (QED) is 0.197. The second-order valence-corrected chi connectivity index (χ2v) is 8.25. The van der Waals surface area contributed by atoms with E-state index in [1.807, 2.05) is 12.1 Å². The lowest BCUT2D eigenvalue weighted by Gasteiger charge is -2.13. The molecule has 0 radical (unpaired) electrons. The average molecular weight is 529 g/mol. The molecule has 0 saturated heterocycles. The zero-order valence-corrected chi connectivity index (χ0v) is 20.7.